The van der Waals surface area contributed by atoms with Gasteiger partial charge >= 0.3 is 0 Å². The maximum absolute atomic E-state index is 11.7. The van der Waals surface area contributed by atoms with Crippen molar-refractivity contribution in [3.8, 4) is 0 Å². The van der Waals surface area contributed by atoms with Crippen LogP contribution >= 0.6 is 0 Å². The minimum atomic E-state index is -0.222. The Bertz CT molecular complexity index is 788. The maximum Gasteiger partial charge on any atom is 0.269 e. The number of aliphatic imine (C=N–C) groups is 2. The number of nitrogens with zero attached hydrogens (tertiary/aromatic N) is 4. The standard InChI is InChI=1S/C16H22N8O/c1-11-5-3-7-18-15(13-6-4-8-24(13)20-10-19-11)21-14-9-12(22-23-14)16(25)17-2/h4,6,8-11H,3,5,7H2,1-2H3,(H,17,25)(H,19,20)(H2,18,21,22,23)/t11-/m0/s1. The first kappa shape index (κ1) is 16.7. The lowest BCUT2D eigenvalue weighted by molar-refractivity contribution is 0.0958. The van der Waals surface area contributed by atoms with E-state index in [0.29, 0.717) is 23.9 Å². The Morgan fingerprint density at radius 2 is 2.32 bits per heavy atom. The monoisotopic (exact) mass is 342 g/mol. The summed E-state index contributed by atoms with van der Waals surface area (Å²) in [5.74, 6) is 0.984. The molecule has 25 heavy (non-hydrogen) atoms. The molecule has 2 aromatic heterocycles. The number of anilines is 1. The van der Waals surface area contributed by atoms with Gasteiger partial charge in [0, 0.05) is 31.9 Å². The second-order valence-corrected chi connectivity index (χ2v) is 5.76. The fourth-order valence-corrected chi connectivity index (χ4v) is 2.50. The molecule has 1 aliphatic rings. The van der Waals surface area contributed by atoms with Crippen LogP contribution in [0.5, 0.6) is 0 Å². The van der Waals surface area contributed by atoms with Crippen molar-refractivity contribution in [2.75, 3.05) is 24.3 Å². The number of carbonyl (C=O) groups is 1. The van der Waals surface area contributed by atoms with Gasteiger partial charge in [-0.25, -0.2) is 0 Å². The van der Waals surface area contributed by atoms with Crippen molar-refractivity contribution in [1.29, 1.82) is 0 Å². The number of carbonyl (C=O) groups excluding carboxylic acids is 1. The molecule has 1 amide bonds. The van der Waals surface area contributed by atoms with Crippen LogP contribution in [0.4, 0.5) is 5.82 Å². The van der Waals surface area contributed by atoms with E-state index in [0.717, 1.165) is 18.5 Å². The molecule has 9 heteroatoms. The first-order chi connectivity index (χ1) is 12.2. The molecule has 132 valence electrons. The Kier molecular flexibility index (Phi) is 5.12. The average molecular weight is 342 g/mol. The number of H-pyrrole nitrogens is 1. The lowest BCUT2D eigenvalue weighted by atomic mass is 10.2. The summed E-state index contributed by atoms with van der Waals surface area (Å²) in [7, 11) is 1.58. The molecular weight excluding hydrogens is 320 g/mol. The third-order valence-electron chi connectivity index (χ3n) is 3.86. The van der Waals surface area contributed by atoms with Crippen LogP contribution in [0.3, 0.4) is 0 Å². The molecule has 3 heterocycles. The van der Waals surface area contributed by atoms with Crippen LogP contribution in [0, 0.1) is 0 Å². The zero-order chi connectivity index (χ0) is 17.6. The van der Waals surface area contributed by atoms with Gasteiger partial charge in [0.2, 0.25) is 0 Å². The van der Waals surface area contributed by atoms with Crippen LogP contribution in [0.1, 0.15) is 35.9 Å². The van der Waals surface area contributed by atoms with Gasteiger partial charge in [-0.1, -0.05) is 0 Å². The van der Waals surface area contributed by atoms with E-state index in [2.05, 4.69) is 43.2 Å². The van der Waals surface area contributed by atoms with Crippen molar-refractivity contribution in [2.45, 2.75) is 25.8 Å². The number of hydrogen-bond donors (Lipinski definition) is 4. The van der Waals surface area contributed by atoms with Gasteiger partial charge in [0.05, 0.1) is 0 Å². The summed E-state index contributed by atoms with van der Waals surface area (Å²) in [5, 5.41) is 12.6. The summed E-state index contributed by atoms with van der Waals surface area (Å²) in [5.41, 5.74) is 4.37. The number of nitrogens with one attached hydrogen (secondary N) is 4. The molecule has 0 saturated carbocycles. The molecule has 0 bridgehead atoms. The molecule has 0 fully saturated rings. The smallest absolute Gasteiger partial charge is 0.269 e. The highest BCUT2D eigenvalue weighted by Crippen LogP contribution is 2.11. The highest BCUT2D eigenvalue weighted by atomic mass is 16.1. The van der Waals surface area contributed by atoms with Gasteiger partial charge in [0.1, 0.15) is 17.7 Å². The van der Waals surface area contributed by atoms with E-state index in [9.17, 15) is 4.79 Å². The SMILES string of the molecule is CNC(=O)c1cc(NC2=NCCC[C@H](C)N=CNn3cccc32)n[nH]1. The van der Waals surface area contributed by atoms with E-state index in [1.54, 1.807) is 19.5 Å². The van der Waals surface area contributed by atoms with Crippen molar-refractivity contribution >= 4 is 23.9 Å². The minimum absolute atomic E-state index is 0.222. The summed E-state index contributed by atoms with van der Waals surface area (Å²) < 4.78 is 1.83. The highest BCUT2D eigenvalue weighted by Gasteiger charge is 2.13. The summed E-state index contributed by atoms with van der Waals surface area (Å²) >= 11 is 0. The quantitative estimate of drug-likeness (QED) is 0.657. The Balaban J connectivity index is 1.85. The minimum Gasteiger partial charge on any atom is -0.354 e. The summed E-state index contributed by atoms with van der Waals surface area (Å²) in [4.78, 5) is 20.8. The molecule has 0 aliphatic carbocycles. The van der Waals surface area contributed by atoms with Crippen LogP contribution < -0.4 is 16.1 Å². The summed E-state index contributed by atoms with van der Waals surface area (Å²) in [6.45, 7) is 2.76. The Morgan fingerprint density at radius 3 is 3.16 bits per heavy atom. The molecule has 0 spiro atoms. The van der Waals surface area contributed by atoms with Crippen molar-refractivity contribution in [3.05, 3.63) is 35.8 Å². The van der Waals surface area contributed by atoms with Crippen molar-refractivity contribution in [3.63, 3.8) is 0 Å². The molecule has 1 atom stereocenters. The molecule has 9 nitrogen and oxygen atoms in total. The van der Waals surface area contributed by atoms with E-state index < -0.39 is 0 Å². The second-order valence-electron chi connectivity index (χ2n) is 5.76. The lowest BCUT2D eigenvalue weighted by Crippen LogP contribution is -2.23. The summed E-state index contributed by atoms with van der Waals surface area (Å²) in [6.07, 6.45) is 5.50. The first-order valence-corrected chi connectivity index (χ1v) is 8.22. The third-order valence-corrected chi connectivity index (χ3v) is 3.86. The number of hydrogen-bond acceptors (Lipinski definition) is 6. The largest absolute Gasteiger partial charge is 0.354 e. The predicted molar refractivity (Wildman–Crippen MR) is 98.0 cm³/mol. The molecule has 1 aliphatic heterocycles. The fourth-order valence-electron chi connectivity index (χ4n) is 2.50. The van der Waals surface area contributed by atoms with E-state index in [4.69, 9.17) is 0 Å². The highest BCUT2D eigenvalue weighted by molar-refractivity contribution is 6.07. The number of aromatic nitrogens is 3. The Morgan fingerprint density at radius 1 is 1.44 bits per heavy atom. The van der Waals surface area contributed by atoms with Crippen molar-refractivity contribution in [1.82, 2.24) is 20.2 Å². The maximum atomic E-state index is 11.7. The number of rotatable bonds is 2. The number of amidine groups is 1. The summed E-state index contributed by atoms with van der Waals surface area (Å²) in [6, 6.07) is 5.76. The van der Waals surface area contributed by atoms with Crippen molar-refractivity contribution in [2.24, 2.45) is 9.98 Å². The predicted octanol–water partition coefficient (Wildman–Crippen LogP) is 1.18. The lowest BCUT2D eigenvalue weighted by Gasteiger charge is -2.11. The molecule has 0 aromatic carbocycles. The molecule has 3 rings (SSSR count). The van der Waals surface area contributed by atoms with Crippen LogP contribution in [-0.4, -0.2) is 52.6 Å². The average Bonchev–Trinajstić information content (AvgIpc) is 3.25. The first-order valence-electron chi connectivity index (χ1n) is 8.22. The topological polar surface area (TPSA) is 111 Å². The molecule has 0 unspecified atom stereocenters. The zero-order valence-corrected chi connectivity index (χ0v) is 14.3. The van der Waals surface area contributed by atoms with Gasteiger partial charge in [0.25, 0.3) is 5.91 Å². The van der Waals surface area contributed by atoms with E-state index in [1.807, 2.05) is 23.0 Å². The molecule has 0 saturated heterocycles. The van der Waals surface area contributed by atoms with Crippen LogP contribution in [-0.2, 0) is 0 Å². The fraction of sp³-hybridized carbons (Fsp3) is 0.375. The van der Waals surface area contributed by atoms with Gasteiger partial charge in [-0.05, 0) is 31.9 Å². The molecule has 2 aromatic rings. The van der Waals surface area contributed by atoms with Gasteiger partial charge in [-0.15, -0.1) is 0 Å². The van der Waals surface area contributed by atoms with Crippen LogP contribution in [0.2, 0.25) is 0 Å². The van der Waals surface area contributed by atoms with E-state index >= 15 is 0 Å². The third kappa shape index (κ3) is 4.06. The van der Waals surface area contributed by atoms with E-state index in [-0.39, 0.29) is 11.9 Å². The second kappa shape index (κ2) is 7.65. The van der Waals surface area contributed by atoms with Crippen LogP contribution in [0.15, 0.2) is 34.4 Å². The number of amides is 1. The zero-order valence-electron chi connectivity index (χ0n) is 14.3. The van der Waals surface area contributed by atoms with Crippen LogP contribution in [0.25, 0.3) is 0 Å². The molecule has 4 N–H and O–H groups in total. The Labute approximate surface area is 145 Å². The molecular formula is C16H22N8O. The molecule has 0 radical (unpaired) electrons. The van der Waals surface area contributed by atoms with Crippen molar-refractivity contribution < 1.29 is 4.79 Å². The van der Waals surface area contributed by atoms with E-state index in [1.165, 1.54) is 0 Å². The number of fused-ring (bicyclic) bond motifs is 1. The van der Waals surface area contributed by atoms with Gasteiger partial charge in [0.15, 0.2) is 11.7 Å². The Hall–Kier alpha value is -3.10. The number of aromatic amines is 1. The van der Waals surface area contributed by atoms with Gasteiger partial charge in [-0.3, -0.25) is 30.0 Å². The van der Waals surface area contributed by atoms with Gasteiger partial charge < -0.3 is 10.6 Å². The normalized spacial score (nSPS) is 17.7. The van der Waals surface area contributed by atoms with Gasteiger partial charge in [-0.2, -0.15) is 5.10 Å².